The van der Waals surface area contributed by atoms with Gasteiger partial charge in [-0.1, -0.05) is 0 Å². The maximum absolute atomic E-state index is 11.9. The minimum atomic E-state index is -1.11. The Kier molecular flexibility index (Phi) is 4.58. The summed E-state index contributed by atoms with van der Waals surface area (Å²) in [5.74, 6) is 0.640. The summed E-state index contributed by atoms with van der Waals surface area (Å²) >= 11 is 3.27. The molecular formula is C10H16BrN3OS. The zero-order valence-corrected chi connectivity index (χ0v) is 12.2. The van der Waals surface area contributed by atoms with Crippen molar-refractivity contribution in [3.05, 3.63) is 22.7 Å². The summed E-state index contributed by atoms with van der Waals surface area (Å²) < 4.78 is 15.4. The van der Waals surface area contributed by atoms with Crippen LogP contribution in [0.15, 0.2) is 16.9 Å². The van der Waals surface area contributed by atoms with Gasteiger partial charge in [0.2, 0.25) is 0 Å². The molecule has 0 bridgehead atoms. The molecule has 6 heteroatoms. The average Bonchev–Trinajstić information content (AvgIpc) is 2.17. The fraction of sp³-hybridized carbons (Fsp3) is 0.600. The van der Waals surface area contributed by atoms with Crippen molar-refractivity contribution in [2.75, 3.05) is 0 Å². The van der Waals surface area contributed by atoms with E-state index in [9.17, 15) is 4.21 Å². The first-order valence-electron chi connectivity index (χ1n) is 4.96. The molecule has 0 saturated heterocycles. The molecule has 4 nitrogen and oxygen atoms in total. The van der Waals surface area contributed by atoms with Gasteiger partial charge in [0.1, 0.15) is 5.82 Å². The van der Waals surface area contributed by atoms with E-state index in [0.717, 1.165) is 4.47 Å². The molecule has 0 aliphatic rings. The van der Waals surface area contributed by atoms with E-state index in [-0.39, 0.29) is 10.8 Å². The van der Waals surface area contributed by atoms with E-state index in [1.165, 1.54) is 0 Å². The van der Waals surface area contributed by atoms with Crippen molar-refractivity contribution in [1.29, 1.82) is 0 Å². The molecule has 16 heavy (non-hydrogen) atoms. The first-order chi connectivity index (χ1) is 7.30. The Morgan fingerprint density at radius 1 is 1.38 bits per heavy atom. The number of nitrogens with one attached hydrogen (secondary N) is 1. The molecule has 1 N–H and O–H groups in total. The van der Waals surface area contributed by atoms with Gasteiger partial charge in [-0.3, -0.25) is 0 Å². The van der Waals surface area contributed by atoms with Crippen LogP contribution in [-0.2, 0) is 11.0 Å². The molecule has 1 aromatic heterocycles. The van der Waals surface area contributed by atoms with Crippen LogP contribution in [0.1, 0.15) is 39.6 Å². The Morgan fingerprint density at radius 2 is 1.88 bits per heavy atom. The Hall–Kier alpha value is -0.330. The van der Waals surface area contributed by atoms with Gasteiger partial charge in [0.05, 0.1) is 26.2 Å². The molecule has 0 radical (unpaired) electrons. The van der Waals surface area contributed by atoms with Crippen molar-refractivity contribution < 1.29 is 4.21 Å². The summed E-state index contributed by atoms with van der Waals surface area (Å²) in [6.45, 7) is 7.66. The molecule has 0 aromatic carbocycles. The SMILES string of the molecule is C[C@@H](NS(=O)C(C)(C)C)c1ncc(Br)cn1. The highest BCUT2D eigenvalue weighted by Gasteiger charge is 2.22. The van der Waals surface area contributed by atoms with Gasteiger partial charge in [0, 0.05) is 12.4 Å². The average molecular weight is 306 g/mol. The normalized spacial score (nSPS) is 15.8. The smallest absolute Gasteiger partial charge is 0.145 e. The molecule has 1 heterocycles. The Bertz CT molecular complexity index is 375. The monoisotopic (exact) mass is 305 g/mol. The Labute approximate surface area is 107 Å². The summed E-state index contributed by atoms with van der Waals surface area (Å²) in [5.41, 5.74) is 0. The van der Waals surface area contributed by atoms with E-state index >= 15 is 0 Å². The number of hydrogen-bond acceptors (Lipinski definition) is 3. The second-order valence-corrected chi connectivity index (χ2v) is 7.39. The predicted octanol–water partition coefficient (Wildman–Crippen LogP) is 2.35. The lowest BCUT2D eigenvalue weighted by molar-refractivity contribution is 0.604. The highest BCUT2D eigenvalue weighted by molar-refractivity contribution is 9.10. The van der Waals surface area contributed by atoms with Crippen LogP contribution < -0.4 is 4.72 Å². The van der Waals surface area contributed by atoms with E-state index in [0.29, 0.717) is 5.82 Å². The molecule has 1 rings (SSSR count). The minimum absolute atomic E-state index is 0.131. The lowest BCUT2D eigenvalue weighted by Gasteiger charge is -2.21. The van der Waals surface area contributed by atoms with E-state index < -0.39 is 11.0 Å². The summed E-state index contributed by atoms with van der Waals surface area (Å²) in [7, 11) is -1.11. The van der Waals surface area contributed by atoms with Crippen LogP contribution in [0.3, 0.4) is 0 Å². The predicted molar refractivity (Wildman–Crippen MR) is 69.2 cm³/mol. The van der Waals surface area contributed by atoms with Crippen LogP contribution in [0.4, 0.5) is 0 Å². The van der Waals surface area contributed by atoms with Gasteiger partial charge < -0.3 is 0 Å². The molecule has 0 aliphatic heterocycles. The Balaban J connectivity index is 2.69. The summed E-state index contributed by atoms with van der Waals surface area (Å²) in [5, 5.41) is 0. The van der Waals surface area contributed by atoms with Crippen LogP contribution in [-0.4, -0.2) is 18.9 Å². The molecule has 0 spiro atoms. The fourth-order valence-electron chi connectivity index (χ4n) is 0.936. The van der Waals surface area contributed by atoms with Gasteiger partial charge in [0.15, 0.2) is 0 Å². The number of aromatic nitrogens is 2. The van der Waals surface area contributed by atoms with Crippen molar-refractivity contribution in [3.8, 4) is 0 Å². The zero-order valence-electron chi connectivity index (χ0n) is 9.82. The number of nitrogens with zero attached hydrogens (tertiary/aromatic N) is 2. The van der Waals surface area contributed by atoms with Crippen LogP contribution in [0.25, 0.3) is 0 Å². The largest absolute Gasteiger partial charge is 0.242 e. The zero-order chi connectivity index (χ0) is 12.3. The van der Waals surface area contributed by atoms with Crippen LogP contribution >= 0.6 is 15.9 Å². The first kappa shape index (κ1) is 13.7. The first-order valence-corrected chi connectivity index (χ1v) is 6.90. The van der Waals surface area contributed by atoms with Crippen molar-refractivity contribution >= 4 is 26.9 Å². The van der Waals surface area contributed by atoms with E-state index in [1.807, 2.05) is 27.7 Å². The maximum Gasteiger partial charge on any atom is 0.145 e. The van der Waals surface area contributed by atoms with Crippen molar-refractivity contribution in [1.82, 2.24) is 14.7 Å². The van der Waals surface area contributed by atoms with Gasteiger partial charge >= 0.3 is 0 Å². The van der Waals surface area contributed by atoms with Gasteiger partial charge in [-0.25, -0.2) is 18.9 Å². The molecule has 2 atom stereocenters. The van der Waals surface area contributed by atoms with Gasteiger partial charge in [-0.2, -0.15) is 0 Å². The molecule has 1 aromatic rings. The van der Waals surface area contributed by atoms with Crippen molar-refractivity contribution in [3.63, 3.8) is 0 Å². The quantitative estimate of drug-likeness (QED) is 0.932. The molecule has 90 valence electrons. The van der Waals surface area contributed by atoms with Gasteiger partial charge in [-0.05, 0) is 43.6 Å². The Morgan fingerprint density at radius 3 is 2.31 bits per heavy atom. The lowest BCUT2D eigenvalue weighted by Crippen LogP contribution is -2.35. The highest BCUT2D eigenvalue weighted by Crippen LogP contribution is 2.15. The van der Waals surface area contributed by atoms with E-state index in [4.69, 9.17) is 0 Å². The summed E-state index contributed by atoms with van der Waals surface area (Å²) in [6.07, 6.45) is 3.36. The number of halogens is 1. The standard InChI is InChI=1S/C10H16BrN3OS/c1-7(14-16(15)10(2,3)4)9-12-5-8(11)6-13-9/h5-7,14H,1-4H3/t7-,16?/m1/s1. The molecule has 0 amide bonds. The lowest BCUT2D eigenvalue weighted by atomic mass is 10.3. The third-order valence-electron chi connectivity index (χ3n) is 1.87. The third kappa shape index (κ3) is 3.92. The van der Waals surface area contributed by atoms with Crippen LogP contribution in [0.2, 0.25) is 0 Å². The second kappa shape index (κ2) is 5.33. The molecular weight excluding hydrogens is 290 g/mol. The molecule has 1 unspecified atom stereocenters. The van der Waals surface area contributed by atoms with E-state index in [1.54, 1.807) is 12.4 Å². The topological polar surface area (TPSA) is 54.9 Å². The molecule has 0 saturated carbocycles. The van der Waals surface area contributed by atoms with Crippen molar-refractivity contribution in [2.24, 2.45) is 0 Å². The summed E-state index contributed by atoms with van der Waals surface area (Å²) in [6, 6.07) is -0.131. The molecule has 0 fully saturated rings. The summed E-state index contributed by atoms with van der Waals surface area (Å²) in [4.78, 5) is 8.32. The van der Waals surface area contributed by atoms with Crippen LogP contribution in [0, 0.1) is 0 Å². The number of hydrogen-bond donors (Lipinski definition) is 1. The van der Waals surface area contributed by atoms with Crippen molar-refractivity contribution in [2.45, 2.75) is 38.5 Å². The highest BCUT2D eigenvalue weighted by atomic mass is 79.9. The fourth-order valence-corrected chi connectivity index (χ4v) is 1.92. The second-order valence-electron chi connectivity index (χ2n) is 4.48. The molecule has 0 aliphatic carbocycles. The third-order valence-corrected chi connectivity index (χ3v) is 3.96. The van der Waals surface area contributed by atoms with Crippen LogP contribution in [0.5, 0.6) is 0 Å². The minimum Gasteiger partial charge on any atom is -0.242 e. The maximum atomic E-state index is 11.9. The van der Waals surface area contributed by atoms with Gasteiger partial charge in [-0.15, -0.1) is 0 Å². The number of rotatable bonds is 3. The van der Waals surface area contributed by atoms with E-state index in [2.05, 4.69) is 30.6 Å². The van der Waals surface area contributed by atoms with Gasteiger partial charge in [0.25, 0.3) is 0 Å².